The number of para-hydroxylation sites is 1. The van der Waals surface area contributed by atoms with Crippen molar-refractivity contribution in [2.75, 3.05) is 5.32 Å². The summed E-state index contributed by atoms with van der Waals surface area (Å²) in [6.45, 7) is 0. The van der Waals surface area contributed by atoms with Crippen LogP contribution >= 0.6 is 34.5 Å². The average Bonchev–Trinajstić information content (AvgIpc) is 2.87. The van der Waals surface area contributed by atoms with E-state index < -0.39 is 17.6 Å². The highest BCUT2D eigenvalue weighted by molar-refractivity contribution is 7.22. The zero-order valence-corrected chi connectivity index (χ0v) is 13.9. The Labute approximate surface area is 148 Å². The second-order valence-corrected chi connectivity index (χ2v) is 6.62. The lowest BCUT2D eigenvalue weighted by atomic mass is 10.2. The molecule has 0 aliphatic carbocycles. The number of nitrogens with one attached hydrogen (secondary N) is 1. The summed E-state index contributed by atoms with van der Waals surface area (Å²) in [6.07, 6.45) is -4.52. The molecule has 3 aromatic rings. The van der Waals surface area contributed by atoms with Gasteiger partial charge in [0.05, 0.1) is 26.4 Å². The molecule has 0 radical (unpaired) electrons. The van der Waals surface area contributed by atoms with Gasteiger partial charge < -0.3 is 0 Å². The summed E-state index contributed by atoms with van der Waals surface area (Å²) in [5.41, 5.74) is -0.898. The van der Waals surface area contributed by atoms with E-state index in [4.69, 9.17) is 23.2 Å². The van der Waals surface area contributed by atoms with Crippen LogP contribution in [0.4, 0.5) is 18.3 Å². The fourth-order valence-electron chi connectivity index (χ4n) is 2.07. The highest BCUT2D eigenvalue weighted by atomic mass is 35.5. The Kier molecular flexibility index (Phi) is 4.42. The quantitative estimate of drug-likeness (QED) is 0.593. The number of amides is 1. The molecule has 0 saturated carbocycles. The van der Waals surface area contributed by atoms with Crippen LogP contribution < -0.4 is 5.32 Å². The first-order valence-electron chi connectivity index (χ1n) is 6.49. The number of thiazole rings is 1. The average molecular weight is 391 g/mol. The molecule has 0 atom stereocenters. The van der Waals surface area contributed by atoms with Crippen molar-refractivity contribution in [1.29, 1.82) is 0 Å². The normalized spacial score (nSPS) is 11.7. The van der Waals surface area contributed by atoms with Gasteiger partial charge in [0, 0.05) is 5.02 Å². The van der Waals surface area contributed by atoms with Gasteiger partial charge in [-0.2, -0.15) is 13.2 Å². The fraction of sp³-hybridized carbons (Fsp3) is 0.0667. The van der Waals surface area contributed by atoms with Crippen LogP contribution in [-0.2, 0) is 6.18 Å². The standard InChI is InChI=1S/C15H7Cl2F3N2OS/c16-7-4-5-8(10(17)6-7)13(23)22-14-21-12-9(15(18,19)20)2-1-3-11(12)24-14/h1-6H,(H,21,22,23). The Hall–Kier alpha value is -1.83. The Bertz CT molecular complexity index is 940. The molecule has 0 unspecified atom stereocenters. The molecule has 0 bridgehead atoms. The van der Waals surface area contributed by atoms with Crippen LogP contribution in [0, 0.1) is 0 Å². The first-order valence-corrected chi connectivity index (χ1v) is 8.06. The van der Waals surface area contributed by atoms with Gasteiger partial charge in [-0.25, -0.2) is 4.98 Å². The van der Waals surface area contributed by atoms with E-state index in [2.05, 4.69) is 10.3 Å². The summed E-state index contributed by atoms with van der Waals surface area (Å²) in [6, 6.07) is 8.07. The zero-order chi connectivity index (χ0) is 17.5. The number of carbonyl (C=O) groups excluding carboxylic acids is 1. The molecule has 0 aliphatic rings. The highest BCUT2D eigenvalue weighted by Crippen LogP contribution is 2.37. The van der Waals surface area contributed by atoms with Gasteiger partial charge in [-0.15, -0.1) is 0 Å². The lowest BCUT2D eigenvalue weighted by molar-refractivity contribution is -0.136. The molecule has 1 aromatic heterocycles. The molecular formula is C15H7Cl2F3N2OS. The Morgan fingerprint density at radius 2 is 1.92 bits per heavy atom. The molecule has 1 amide bonds. The molecular weight excluding hydrogens is 384 g/mol. The number of hydrogen-bond acceptors (Lipinski definition) is 3. The molecule has 9 heteroatoms. The first kappa shape index (κ1) is 17.0. The molecule has 0 spiro atoms. The molecule has 3 nitrogen and oxygen atoms in total. The zero-order valence-electron chi connectivity index (χ0n) is 11.6. The van der Waals surface area contributed by atoms with Gasteiger partial charge in [-0.1, -0.05) is 40.6 Å². The minimum Gasteiger partial charge on any atom is -0.298 e. The van der Waals surface area contributed by atoms with Crippen LogP contribution in [0.15, 0.2) is 36.4 Å². The Morgan fingerprint density at radius 3 is 2.58 bits per heavy atom. The maximum Gasteiger partial charge on any atom is 0.418 e. The molecule has 1 heterocycles. The maximum atomic E-state index is 13.0. The Morgan fingerprint density at radius 1 is 1.17 bits per heavy atom. The van der Waals surface area contributed by atoms with E-state index >= 15 is 0 Å². The van der Waals surface area contributed by atoms with Crippen molar-refractivity contribution in [2.45, 2.75) is 6.18 Å². The largest absolute Gasteiger partial charge is 0.418 e. The monoisotopic (exact) mass is 390 g/mol. The van der Waals surface area contributed by atoms with Crippen molar-refractivity contribution < 1.29 is 18.0 Å². The maximum absolute atomic E-state index is 13.0. The molecule has 2 aromatic carbocycles. The lowest BCUT2D eigenvalue weighted by Gasteiger charge is -2.06. The summed E-state index contributed by atoms with van der Waals surface area (Å²) < 4.78 is 39.3. The molecule has 0 fully saturated rings. The van der Waals surface area contributed by atoms with Crippen LogP contribution in [0.25, 0.3) is 10.2 Å². The van der Waals surface area contributed by atoms with Gasteiger partial charge in [0.1, 0.15) is 0 Å². The van der Waals surface area contributed by atoms with E-state index in [1.165, 1.54) is 30.3 Å². The van der Waals surface area contributed by atoms with Crippen molar-refractivity contribution >= 4 is 55.8 Å². The molecule has 124 valence electrons. The van der Waals surface area contributed by atoms with Crippen molar-refractivity contribution in [1.82, 2.24) is 4.98 Å². The fourth-order valence-corrected chi connectivity index (χ4v) is 3.45. The summed E-state index contributed by atoms with van der Waals surface area (Å²) in [5, 5.41) is 3.02. The van der Waals surface area contributed by atoms with Gasteiger partial charge in [-0.3, -0.25) is 10.1 Å². The predicted molar refractivity (Wildman–Crippen MR) is 89.0 cm³/mol. The van der Waals surface area contributed by atoms with Gasteiger partial charge in [0.15, 0.2) is 5.13 Å². The van der Waals surface area contributed by atoms with Gasteiger partial charge >= 0.3 is 6.18 Å². The number of aromatic nitrogens is 1. The SMILES string of the molecule is O=C(Nc1nc2c(C(F)(F)F)cccc2s1)c1ccc(Cl)cc1Cl. The van der Waals surface area contributed by atoms with Crippen LogP contribution in [0.2, 0.25) is 10.0 Å². The first-order chi connectivity index (χ1) is 11.3. The van der Waals surface area contributed by atoms with E-state index in [0.717, 1.165) is 17.4 Å². The van der Waals surface area contributed by atoms with E-state index in [1.807, 2.05) is 0 Å². The molecule has 0 aliphatic heterocycles. The molecule has 3 rings (SSSR count). The highest BCUT2D eigenvalue weighted by Gasteiger charge is 2.33. The van der Waals surface area contributed by atoms with Crippen LogP contribution in [0.3, 0.4) is 0 Å². The van der Waals surface area contributed by atoms with Crippen LogP contribution in [-0.4, -0.2) is 10.9 Å². The molecule has 0 saturated heterocycles. The van der Waals surface area contributed by atoms with E-state index in [9.17, 15) is 18.0 Å². The summed E-state index contributed by atoms with van der Waals surface area (Å²) in [5.74, 6) is -0.579. The van der Waals surface area contributed by atoms with E-state index in [1.54, 1.807) is 0 Å². The smallest absolute Gasteiger partial charge is 0.298 e. The minimum absolute atomic E-state index is 0.0534. The second-order valence-electron chi connectivity index (χ2n) is 4.75. The third-order valence-corrected chi connectivity index (χ3v) is 4.60. The van der Waals surface area contributed by atoms with Crippen molar-refractivity contribution in [2.24, 2.45) is 0 Å². The number of nitrogens with zero attached hydrogens (tertiary/aromatic N) is 1. The lowest BCUT2D eigenvalue weighted by Crippen LogP contribution is -2.12. The van der Waals surface area contributed by atoms with Gasteiger partial charge in [0.25, 0.3) is 5.91 Å². The minimum atomic E-state index is -4.52. The van der Waals surface area contributed by atoms with Crippen molar-refractivity contribution in [3.63, 3.8) is 0 Å². The number of fused-ring (bicyclic) bond motifs is 1. The third-order valence-electron chi connectivity index (χ3n) is 3.12. The molecule has 24 heavy (non-hydrogen) atoms. The number of anilines is 1. The number of rotatable bonds is 2. The van der Waals surface area contributed by atoms with Crippen molar-refractivity contribution in [3.05, 3.63) is 57.6 Å². The number of halogens is 5. The molecule has 1 N–H and O–H groups in total. The number of alkyl halides is 3. The summed E-state index contributed by atoms with van der Waals surface area (Å²) in [4.78, 5) is 16.1. The second kappa shape index (κ2) is 6.23. The number of benzene rings is 2. The van der Waals surface area contributed by atoms with Gasteiger partial charge in [-0.05, 0) is 30.3 Å². The number of carbonyl (C=O) groups is 1. The van der Waals surface area contributed by atoms with E-state index in [-0.39, 0.29) is 21.2 Å². The predicted octanol–water partition coefficient (Wildman–Crippen LogP) is 5.87. The van der Waals surface area contributed by atoms with Crippen LogP contribution in [0.5, 0.6) is 0 Å². The van der Waals surface area contributed by atoms with E-state index in [0.29, 0.717) is 9.72 Å². The summed E-state index contributed by atoms with van der Waals surface area (Å²) in [7, 11) is 0. The van der Waals surface area contributed by atoms with Crippen LogP contribution in [0.1, 0.15) is 15.9 Å². The summed E-state index contributed by atoms with van der Waals surface area (Å²) >= 11 is 12.7. The third kappa shape index (κ3) is 3.33. The van der Waals surface area contributed by atoms with Crippen molar-refractivity contribution in [3.8, 4) is 0 Å². The Balaban J connectivity index is 1.95. The number of hydrogen-bond donors (Lipinski definition) is 1. The van der Waals surface area contributed by atoms with Gasteiger partial charge in [0.2, 0.25) is 0 Å². The topological polar surface area (TPSA) is 42.0 Å².